The number of anilines is 1. The molecule has 0 aliphatic carbocycles. The predicted octanol–water partition coefficient (Wildman–Crippen LogP) is 2.63. The molecule has 2 rings (SSSR count). The Bertz CT molecular complexity index is 540. The van der Waals surface area contributed by atoms with Crippen molar-refractivity contribution in [2.24, 2.45) is 0 Å². The Labute approximate surface area is 126 Å². The van der Waals surface area contributed by atoms with E-state index in [1.165, 1.54) is 0 Å². The number of para-hydroxylation sites is 1. The Morgan fingerprint density at radius 2 is 2.15 bits per heavy atom. The zero-order valence-electron chi connectivity index (χ0n) is 12.0. The summed E-state index contributed by atoms with van der Waals surface area (Å²) in [5.41, 5.74) is 0.701. The zero-order valence-corrected chi connectivity index (χ0v) is 13.6. The highest BCUT2D eigenvalue weighted by Crippen LogP contribution is 2.29. The first-order chi connectivity index (χ1) is 9.57. The average molecular weight is 314 g/mol. The van der Waals surface area contributed by atoms with Crippen LogP contribution in [0.2, 0.25) is 0 Å². The van der Waals surface area contributed by atoms with Crippen molar-refractivity contribution in [1.29, 1.82) is 0 Å². The maximum Gasteiger partial charge on any atom is 0.245 e. The molecule has 0 aromatic heterocycles. The fourth-order valence-electron chi connectivity index (χ4n) is 2.26. The van der Waals surface area contributed by atoms with Gasteiger partial charge in [-0.05, 0) is 30.7 Å². The largest absolute Gasteiger partial charge is 0.384 e. The summed E-state index contributed by atoms with van der Waals surface area (Å²) in [4.78, 5) is 0.382. The maximum absolute atomic E-state index is 12.8. The van der Waals surface area contributed by atoms with Crippen LogP contribution in [0.4, 0.5) is 5.69 Å². The minimum Gasteiger partial charge on any atom is -0.384 e. The molecule has 0 radical (unpaired) electrons. The first-order valence-corrected chi connectivity index (χ1v) is 9.55. The molecule has 0 spiro atoms. The van der Waals surface area contributed by atoms with E-state index in [4.69, 9.17) is 0 Å². The second-order valence-electron chi connectivity index (χ2n) is 4.96. The molecule has 1 fully saturated rings. The molecule has 1 aromatic rings. The summed E-state index contributed by atoms with van der Waals surface area (Å²) in [7, 11) is -1.73. The molecule has 1 aromatic carbocycles. The molecule has 1 unspecified atom stereocenters. The summed E-state index contributed by atoms with van der Waals surface area (Å²) in [6.07, 6.45) is 1.90. The van der Waals surface area contributed by atoms with Crippen molar-refractivity contribution in [2.45, 2.75) is 30.7 Å². The summed E-state index contributed by atoms with van der Waals surface area (Å²) in [6.45, 7) is 2.83. The molecule has 6 heteroatoms. The van der Waals surface area contributed by atoms with Gasteiger partial charge in [0.1, 0.15) is 4.90 Å². The number of hydrogen-bond donors (Lipinski definition) is 1. The van der Waals surface area contributed by atoms with Gasteiger partial charge in [0.2, 0.25) is 10.0 Å². The number of nitrogens with zero attached hydrogens (tertiary/aromatic N) is 1. The third-order valence-corrected chi connectivity index (χ3v) is 6.64. The molecule has 4 nitrogen and oxygen atoms in total. The summed E-state index contributed by atoms with van der Waals surface area (Å²) in [5, 5.41) is 3.20. The quantitative estimate of drug-likeness (QED) is 0.877. The Balaban J connectivity index is 2.28. The molecular weight excluding hydrogens is 292 g/mol. The van der Waals surface area contributed by atoms with Crippen molar-refractivity contribution in [3.63, 3.8) is 0 Å². The van der Waals surface area contributed by atoms with E-state index in [0.29, 0.717) is 10.6 Å². The Morgan fingerprint density at radius 3 is 2.80 bits per heavy atom. The van der Waals surface area contributed by atoms with Gasteiger partial charge in [-0.1, -0.05) is 19.1 Å². The fraction of sp³-hybridized carbons (Fsp3) is 0.571. The SMILES string of the molecule is CCCNc1ccccc1S(=O)(=O)N(C)C1CCSC1. The van der Waals surface area contributed by atoms with E-state index in [-0.39, 0.29) is 6.04 Å². The number of thioether (sulfide) groups is 1. The van der Waals surface area contributed by atoms with Gasteiger partial charge in [0, 0.05) is 25.4 Å². The molecular formula is C14H22N2O2S2. The summed E-state index contributed by atoms with van der Waals surface area (Å²) in [6, 6.07) is 7.28. The Hall–Kier alpha value is -0.720. The van der Waals surface area contributed by atoms with Crippen LogP contribution in [0.5, 0.6) is 0 Å². The van der Waals surface area contributed by atoms with E-state index < -0.39 is 10.0 Å². The second-order valence-corrected chi connectivity index (χ2v) is 8.08. The van der Waals surface area contributed by atoms with E-state index in [1.54, 1.807) is 23.5 Å². The Kier molecular flexibility index (Phi) is 5.35. The van der Waals surface area contributed by atoms with Crippen LogP contribution >= 0.6 is 11.8 Å². The minimum atomic E-state index is -3.43. The first-order valence-electron chi connectivity index (χ1n) is 6.96. The number of nitrogens with one attached hydrogen (secondary N) is 1. The molecule has 1 aliphatic heterocycles. The van der Waals surface area contributed by atoms with E-state index in [1.807, 2.05) is 23.9 Å². The molecule has 1 heterocycles. The highest BCUT2D eigenvalue weighted by Gasteiger charge is 2.31. The van der Waals surface area contributed by atoms with Crippen molar-refractivity contribution in [2.75, 3.05) is 30.4 Å². The molecule has 1 saturated heterocycles. The minimum absolute atomic E-state index is 0.115. The fourth-order valence-corrected chi connectivity index (χ4v) is 5.17. The van der Waals surface area contributed by atoms with Crippen LogP contribution in [0.1, 0.15) is 19.8 Å². The van der Waals surface area contributed by atoms with Crippen molar-refractivity contribution in [1.82, 2.24) is 4.31 Å². The van der Waals surface area contributed by atoms with Crippen LogP contribution in [0.15, 0.2) is 29.2 Å². The second kappa shape index (κ2) is 6.83. The lowest BCUT2D eigenvalue weighted by Gasteiger charge is -2.24. The normalized spacial score (nSPS) is 19.4. The lowest BCUT2D eigenvalue weighted by atomic mass is 10.3. The van der Waals surface area contributed by atoms with Gasteiger partial charge in [0.15, 0.2) is 0 Å². The van der Waals surface area contributed by atoms with Crippen LogP contribution in [-0.4, -0.2) is 43.9 Å². The monoisotopic (exact) mass is 314 g/mol. The molecule has 0 saturated carbocycles. The molecule has 0 bridgehead atoms. The summed E-state index contributed by atoms with van der Waals surface area (Å²) >= 11 is 1.82. The van der Waals surface area contributed by atoms with Crippen LogP contribution in [0.25, 0.3) is 0 Å². The van der Waals surface area contributed by atoms with Crippen molar-refractivity contribution < 1.29 is 8.42 Å². The van der Waals surface area contributed by atoms with Crippen molar-refractivity contribution >= 4 is 27.5 Å². The maximum atomic E-state index is 12.8. The number of sulfonamides is 1. The third kappa shape index (κ3) is 3.30. The van der Waals surface area contributed by atoms with Gasteiger partial charge in [0.05, 0.1) is 5.69 Å². The third-order valence-electron chi connectivity index (χ3n) is 3.53. The van der Waals surface area contributed by atoms with Gasteiger partial charge < -0.3 is 5.32 Å². The highest BCUT2D eigenvalue weighted by molar-refractivity contribution is 7.99. The molecule has 20 heavy (non-hydrogen) atoms. The lowest BCUT2D eigenvalue weighted by molar-refractivity contribution is 0.395. The van der Waals surface area contributed by atoms with Gasteiger partial charge in [-0.2, -0.15) is 16.1 Å². The molecule has 112 valence electrons. The number of benzene rings is 1. The van der Waals surface area contributed by atoms with E-state index in [2.05, 4.69) is 12.2 Å². The lowest BCUT2D eigenvalue weighted by Crippen LogP contribution is -2.37. The highest BCUT2D eigenvalue weighted by atomic mass is 32.2. The standard InChI is InChI=1S/C14H22N2O2S2/c1-3-9-15-13-6-4-5-7-14(13)20(17,18)16(2)12-8-10-19-11-12/h4-7,12,15H,3,8-11H2,1-2H3. The van der Waals surface area contributed by atoms with Gasteiger partial charge in [-0.3, -0.25) is 0 Å². The molecule has 0 amide bonds. The molecule has 1 atom stereocenters. The topological polar surface area (TPSA) is 49.4 Å². The predicted molar refractivity (Wildman–Crippen MR) is 85.9 cm³/mol. The van der Waals surface area contributed by atoms with E-state index in [0.717, 1.165) is 30.9 Å². The van der Waals surface area contributed by atoms with Gasteiger partial charge in [-0.25, -0.2) is 8.42 Å². The Morgan fingerprint density at radius 1 is 1.40 bits per heavy atom. The van der Waals surface area contributed by atoms with Crippen LogP contribution in [0.3, 0.4) is 0 Å². The average Bonchev–Trinajstić information content (AvgIpc) is 2.98. The molecule has 1 aliphatic rings. The summed E-state index contributed by atoms with van der Waals surface area (Å²) < 4.78 is 27.1. The number of rotatable bonds is 6. The van der Waals surface area contributed by atoms with Gasteiger partial charge in [0.25, 0.3) is 0 Å². The van der Waals surface area contributed by atoms with Crippen LogP contribution < -0.4 is 5.32 Å². The first kappa shape index (κ1) is 15.7. The van der Waals surface area contributed by atoms with E-state index in [9.17, 15) is 8.42 Å². The van der Waals surface area contributed by atoms with Gasteiger partial charge in [-0.15, -0.1) is 0 Å². The van der Waals surface area contributed by atoms with Crippen molar-refractivity contribution in [3.8, 4) is 0 Å². The van der Waals surface area contributed by atoms with Crippen LogP contribution in [0, 0.1) is 0 Å². The smallest absolute Gasteiger partial charge is 0.245 e. The summed E-state index contributed by atoms with van der Waals surface area (Å²) in [5.74, 6) is 1.93. The number of hydrogen-bond acceptors (Lipinski definition) is 4. The molecule has 1 N–H and O–H groups in total. The van der Waals surface area contributed by atoms with Gasteiger partial charge >= 0.3 is 0 Å². The van der Waals surface area contributed by atoms with Crippen LogP contribution in [-0.2, 0) is 10.0 Å². The van der Waals surface area contributed by atoms with Crippen molar-refractivity contribution in [3.05, 3.63) is 24.3 Å². The van der Waals surface area contributed by atoms with E-state index >= 15 is 0 Å². The zero-order chi connectivity index (χ0) is 14.6.